The lowest BCUT2D eigenvalue weighted by molar-refractivity contribution is -0.0381. The molecular weight excluding hydrogens is 394 g/mol. The molecule has 6 rings (SSSR count). The van der Waals surface area contributed by atoms with Crippen LogP contribution in [-0.4, -0.2) is 6.61 Å². The molecule has 0 saturated carbocycles. The molecule has 0 bridgehead atoms. The van der Waals surface area contributed by atoms with Crippen molar-refractivity contribution in [1.29, 1.82) is 0 Å². The zero-order chi connectivity index (χ0) is 20.1. The zero-order valence-corrected chi connectivity index (χ0v) is 17.2. The average molecular weight is 416 g/mol. The molecule has 3 atom stereocenters. The maximum absolute atomic E-state index is 6.34. The van der Waals surface area contributed by atoms with Gasteiger partial charge >= 0.3 is 0 Å². The number of para-hydroxylation sites is 1. The van der Waals surface area contributed by atoms with Crippen molar-refractivity contribution >= 4 is 28.3 Å². The first-order valence-corrected chi connectivity index (χ1v) is 10.9. The van der Waals surface area contributed by atoms with Gasteiger partial charge in [0, 0.05) is 39.7 Å². The molecule has 3 heterocycles. The number of hydrogen-bond acceptors (Lipinski definition) is 3. The third kappa shape index (κ3) is 3.01. The molecule has 1 saturated heterocycles. The van der Waals surface area contributed by atoms with E-state index >= 15 is 0 Å². The topological polar surface area (TPSA) is 34.4 Å². The van der Waals surface area contributed by atoms with Crippen LogP contribution in [0, 0.1) is 5.92 Å². The van der Waals surface area contributed by atoms with E-state index in [1.165, 1.54) is 11.1 Å². The van der Waals surface area contributed by atoms with Gasteiger partial charge in [-0.2, -0.15) is 0 Å². The van der Waals surface area contributed by atoms with Crippen LogP contribution in [-0.2, 0) is 4.74 Å². The van der Waals surface area contributed by atoms with Gasteiger partial charge in [0.1, 0.15) is 11.3 Å². The number of rotatable bonds is 2. The molecule has 4 heteroatoms. The van der Waals surface area contributed by atoms with E-state index in [1.807, 2.05) is 30.3 Å². The summed E-state index contributed by atoms with van der Waals surface area (Å²) in [5.41, 5.74) is 5.56. The SMILES string of the molecule is Clc1cccc([C@@H]2Nc3ccc(-c4cc5ccccc5o4)cc3C3OCCC[C@H]32)c1. The van der Waals surface area contributed by atoms with Gasteiger partial charge in [0.05, 0.1) is 12.1 Å². The van der Waals surface area contributed by atoms with Gasteiger partial charge in [0.15, 0.2) is 0 Å². The minimum absolute atomic E-state index is 0.0725. The van der Waals surface area contributed by atoms with E-state index in [0.29, 0.717) is 5.92 Å². The molecule has 1 N–H and O–H groups in total. The third-order valence-corrected chi connectivity index (χ3v) is 6.62. The van der Waals surface area contributed by atoms with Crippen LogP contribution in [0.3, 0.4) is 0 Å². The Balaban J connectivity index is 1.42. The van der Waals surface area contributed by atoms with Crippen molar-refractivity contribution in [3.63, 3.8) is 0 Å². The van der Waals surface area contributed by atoms with Gasteiger partial charge in [-0.05, 0) is 60.9 Å². The Kier molecular flexibility index (Phi) is 4.33. The van der Waals surface area contributed by atoms with Crippen LogP contribution in [0.25, 0.3) is 22.3 Å². The summed E-state index contributed by atoms with van der Waals surface area (Å²) in [7, 11) is 0. The first kappa shape index (κ1) is 18.1. The normalized spacial score (nSPS) is 22.9. The smallest absolute Gasteiger partial charge is 0.135 e. The number of benzene rings is 3. The first-order valence-electron chi connectivity index (χ1n) is 10.5. The van der Waals surface area contributed by atoms with Crippen molar-refractivity contribution < 1.29 is 9.15 Å². The van der Waals surface area contributed by atoms with E-state index in [1.54, 1.807) is 0 Å². The summed E-state index contributed by atoms with van der Waals surface area (Å²) in [6.45, 7) is 0.803. The fraction of sp³-hybridized carbons (Fsp3) is 0.231. The van der Waals surface area contributed by atoms with Gasteiger partial charge in [-0.3, -0.25) is 0 Å². The van der Waals surface area contributed by atoms with Crippen molar-refractivity contribution in [2.24, 2.45) is 5.92 Å². The summed E-state index contributed by atoms with van der Waals surface area (Å²) in [5.74, 6) is 1.26. The Bertz CT molecular complexity index is 1200. The van der Waals surface area contributed by atoms with Gasteiger partial charge in [0.2, 0.25) is 0 Å². The molecule has 30 heavy (non-hydrogen) atoms. The number of furan rings is 1. The lowest BCUT2D eigenvalue weighted by atomic mass is 9.77. The lowest BCUT2D eigenvalue weighted by Crippen LogP contribution is -2.36. The molecule has 2 aliphatic heterocycles. The number of hydrogen-bond donors (Lipinski definition) is 1. The summed E-state index contributed by atoms with van der Waals surface area (Å²) in [4.78, 5) is 0. The van der Waals surface area contributed by atoms with Crippen molar-refractivity contribution in [2.75, 3.05) is 11.9 Å². The molecule has 1 unspecified atom stereocenters. The standard InChI is InChI=1S/C26H22ClNO2/c27-19-7-3-6-18(13-19)25-20-8-4-12-29-26(20)21-14-17(10-11-22(21)28-25)24-15-16-5-1-2-9-23(16)30-24/h1-3,5-7,9-11,13-15,20,25-26,28H,4,8,12H2/t20-,25-,26?/m0/s1. The highest BCUT2D eigenvalue weighted by Crippen LogP contribution is 2.50. The number of halogens is 1. The molecule has 0 spiro atoms. The summed E-state index contributed by atoms with van der Waals surface area (Å²) in [6, 6.07) is 25.1. The predicted octanol–water partition coefficient (Wildman–Crippen LogP) is 7.39. The highest BCUT2D eigenvalue weighted by Gasteiger charge is 2.40. The van der Waals surface area contributed by atoms with Gasteiger partial charge < -0.3 is 14.5 Å². The number of ether oxygens (including phenoxy) is 1. The van der Waals surface area contributed by atoms with E-state index in [2.05, 4.69) is 47.8 Å². The second kappa shape index (κ2) is 7.19. The molecule has 0 radical (unpaired) electrons. The van der Waals surface area contributed by atoms with Crippen LogP contribution in [0.4, 0.5) is 5.69 Å². The molecule has 1 fully saturated rings. The summed E-state index contributed by atoms with van der Waals surface area (Å²) in [6.07, 6.45) is 2.28. The lowest BCUT2D eigenvalue weighted by Gasteiger charge is -2.43. The molecule has 150 valence electrons. The Morgan fingerprint density at radius 2 is 1.87 bits per heavy atom. The Morgan fingerprint density at radius 3 is 2.77 bits per heavy atom. The highest BCUT2D eigenvalue weighted by atomic mass is 35.5. The van der Waals surface area contributed by atoms with Gasteiger partial charge in [-0.1, -0.05) is 41.9 Å². The minimum Gasteiger partial charge on any atom is -0.456 e. The highest BCUT2D eigenvalue weighted by molar-refractivity contribution is 6.30. The van der Waals surface area contributed by atoms with Gasteiger partial charge in [-0.25, -0.2) is 0 Å². The van der Waals surface area contributed by atoms with Crippen molar-refractivity contribution in [2.45, 2.75) is 25.0 Å². The molecule has 0 amide bonds. The first-order chi connectivity index (χ1) is 14.8. The maximum Gasteiger partial charge on any atom is 0.135 e. The Labute approximate surface area is 180 Å². The van der Waals surface area contributed by atoms with E-state index < -0.39 is 0 Å². The number of nitrogens with one attached hydrogen (secondary N) is 1. The predicted molar refractivity (Wildman–Crippen MR) is 121 cm³/mol. The van der Waals surface area contributed by atoms with Crippen LogP contribution in [0.15, 0.2) is 77.2 Å². The molecule has 2 aliphatic rings. The van der Waals surface area contributed by atoms with E-state index in [4.69, 9.17) is 20.8 Å². The van der Waals surface area contributed by atoms with Crippen molar-refractivity contribution in [1.82, 2.24) is 0 Å². The Morgan fingerprint density at radius 1 is 0.933 bits per heavy atom. The number of anilines is 1. The van der Waals surface area contributed by atoms with Gasteiger partial charge in [0.25, 0.3) is 0 Å². The molecular formula is C26H22ClNO2. The summed E-state index contributed by atoms with van der Waals surface area (Å²) in [5, 5.41) is 5.67. The molecule has 3 nitrogen and oxygen atoms in total. The zero-order valence-electron chi connectivity index (χ0n) is 16.5. The minimum atomic E-state index is 0.0725. The van der Waals surface area contributed by atoms with E-state index in [-0.39, 0.29) is 12.1 Å². The fourth-order valence-electron chi connectivity index (χ4n) is 4.98. The van der Waals surface area contributed by atoms with Crippen LogP contribution < -0.4 is 5.32 Å². The summed E-state index contributed by atoms with van der Waals surface area (Å²) >= 11 is 6.29. The van der Waals surface area contributed by atoms with E-state index in [0.717, 1.165) is 52.5 Å². The monoisotopic (exact) mass is 415 g/mol. The average Bonchev–Trinajstić information content (AvgIpc) is 3.22. The van der Waals surface area contributed by atoms with E-state index in [9.17, 15) is 0 Å². The molecule has 4 aromatic rings. The fourth-order valence-corrected chi connectivity index (χ4v) is 5.18. The quantitative estimate of drug-likeness (QED) is 0.370. The van der Waals surface area contributed by atoms with Crippen LogP contribution in [0.5, 0.6) is 0 Å². The Hall–Kier alpha value is -2.75. The van der Waals surface area contributed by atoms with Crippen LogP contribution >= 0.6 is 11.6 Å². The largest absolute Gasteiger partial charge is 0.456 e. The van der Waals surface area contributed by atoms with Crippen molar-refractivity contribution in [3.8, 4) is 11.3 Å². The number of fused-ring (bicyclic) bond motifs is 4. The van der Waals surface area contributed by atoms with Crippen LogP contribution in [0.1, 0.15) is 36.1 Å². The molecule has 3 aromatic carbocycles. The second-order valence-corrected chi connectivity index (χ2v) is 8.66. The molecule has 1 aromatic heterocycles. The summed E-state index contributed by atoms with van der Waals surface area (Å²) < 4.78 is 12.4. The van der Waals surface area contributed by atoms with Gasteiger partial charge in [-0.15, -0.1) is 0 Å². The second-order valence-electron chi connectivity index (χ2n) is 8.22. The van der Waals surface area contributed by atoms with Crippen molar-refractivity contribution in [3.05, 3.63) is 88.9 Å². The molecule has 0 aliphatic carbocycles. The third-order valence-electron chi connectivity index (χ3n) is 6.38. The maximum atomic E-state index is 6.34. The van der Waals surface area contributed by atoms with Crippen LogP contribution in [0.2, 0.25) is 5.02 Å².